The van der Waals surface area contributed by atoms with Crippen LogP contribution < -0.4 is 5.32 Å². The molecule has 2 N–H and O–H groups in total. The molecule has 1 aliphatic carbocycles. The van der Waals surface area contributed by atoms with Gasteiger partial charge in [-0.05, 0) is 47.9 Å². The first kappa shape index (κ1) is 23.8. The summed E-state index contributed by atoms with van der Waals surface area (Å²) in [6, 6.07) is 5.32. The van der Waals surface area contributed by atoms with Crippen molar-refractivity contribution in [3.8, 4) is 0 Å². The smallest absolute Gasteiger partial charge is 0.395 e. The molecule has 1 aromatic carbocycles. The fourth-order valence-corrected chi connectivity index (χ4v) is 4.15. The number of anilines is 1. The summed E-state index contributed by atoms with van der Waals surface area (Å²) in [4.78, 5) is 16.1. The summed E-state index contributed by atoms with van der Waals surface area (Å²) in [6.07, 6.45) is -0.258. The van der Waals surface area contributed by atoms with E-state index >= 15 is 0 Å². The van der Waals surface area contributed by atoms with E-state index in [0.717, 1.165) is 56.6 Å². The number of carbonyl (C=O) groups is 1. The van der Waals surface area contributed by atoms with E-state index in [2.05, 4.69) is 35.0 Å². The second-order valence-electron chi connectivity index (χ2n) is 9.27. The number of alkyl halides is 3. The molecule has 1 fully saturated rings. The Kier molecular flexibility index (Phi) is 7.44. The lowest BCUT2D eigenvalue weighted by Gasteiger charge is -2.34. The number of amides is 1. The molecule has 0 bridgehead atoms. The lowest BCUT2D eigenvalue weighted by atomic mass is 9.76. The minimum Gasteiger partial charge on any atom is -0.395 e. The highest BCUT2D eigenvalue weighted by Crippen LogP contribution is 2.40. The average molecular weight is 440 g/mol. The molecular formula is C23H32F3N3O2. The maximum Gasteiger partial charge on any atom is 0.471 e. The largest absolute Gasteiger partial charge is 0.471 e. The maximum absolute atomic E-state index is 12.8. The van der Waals surface area contributed by atoms with Crippen LogP contribution in [-0.4, -0.2) is 66.3 Å². The van der Waals surface area contributed by atoms with Gasteiger partial charge in [0.1, 0.15) is 0 Å². The SMILES string of the molecule is CC1(C)CC=C(c2cc(CN3CCN(CCO)CC3)ccc2NC(=O)C(F)(F)F)CC1. The third-order valence-electron chi connectivity index (χ3n) is 6.20. The lowest BCUT2D eigenvalue weighted by molar-refractivity contribution is -0.167. The number of benzene rings is 1. The normalized spacial score (nSPS) is 20.4. The van der Waals surface area contributed by atoms with Crippen LogP contribution in [0.1, 0.15) is 44.2 Å². The molecule has 0 radical (unpaired) electrons. The highest BCUT2D eigenvalue weighted by Gasteiger charge is 2.39. The van der Waals surface area contributed by atoms with Gasteiger partial charge >= 0.3 is 12.1 Å². The summed E-state index contributed by atoms with van der Waals surface area (Å²) in [5.74, 6) is -1.95. The molecule has 8 heteroatoms. The summed E-state index contributed by atoms with van der Waals surface area (Å²) < 4.78 is 38.5. The van der Waals surface area contributed by atoms with Crippen molar-refractivity contribution in [2.24, 2.45) is 5.41 Å². The van der Waals surface area contributed by atoms with Crippen molar-refractivity contribution in [1.29, 1.82) is 0 Å². The minimum atomic E-state index is -4.92. The van der Waals surface area contributed by atoms with Gasteiger partial charge in [0.15, 0.2) is 0 Å². The van der Waals surface area contributed by atoms with Crippen LogP contribution in [0.15, 0.2) is 24.3 Å². The quantitative estimate of drug-likeness (QED) is 0.706. The van der Waals surface area contributed by atoms with Crippen molar-refractivity contribution in [3.63, 3.8) is 0 Å². The summed E-state index contributed by atoms with van der Waals surface area (Å²) in [5, 5.41) is 11.2. The summed E-state index contributed by atoms with van der Waals surface area (Å²) in [6.45, 7) is 9.40. The fourth-order valence-electron chi connectivity index (χ4n) is 4.15. The average Bonchev–Trinajstić information content (AvgIpc) is 2.70. The number of β-amino-alcohol motifs (C(OH)–C–C–N with tert-alkyl or cyclic N) is 1. The highest BCUT2D eigenvalue weighted by molar-refractivity contribution is 5.97. The van der Waals surface area contributed by atoms with E-state index in [9.17, 15) is 18.0 Å². The van der Waals surface area contributed by atoms with Crippen LogP contribution in [0.3, 0.4) is 0 Å². The summed E-state index contributed by atoms with van der Waals surface area (Å²) >= 11 is 0. The minimum absolute atomic E-state index is 0.153. The maximum atomic E-state index is 12.8. The third-order valence-corrected chi connectivity index (χ3v) is 6.20. The fraction of sp³-hybridized carbons (Fsp3) is 0.609. The van der Waals surface area contributed by atoms with Crippen LogP contribution >= 0.6 is 0 Å². The van der Waals surface area contributed by atoms with Crippen molar-refractivity contribution in [2.75, 3.05) is 44.6 Å². The Morgan fingerprint density at radius 3 is 2.42 bits per heavy atom. The molecule has 172 valence electrons. The lowest BCUT2D eigenvalue weighted by Crippen LogP contribution is -2.46. The van der Waals surface area contributed by atoms with E-state index in [1.54, 1.807) is 12.1 Å². The number of piperazine rings is 1. The molecule has 0 atom stereocenters. The number of carbonyl (C=O) groups excluding carboxylic acids is 1. The molecule has 0 unspecified atom stereocenters. The molecule has 0 spiro atoms. The number of hydrogen-bond donors (Lipinski definition) is 2. The molecule has 0 saturated carbocycles. The van der Waals surface area contributed by atoms with Gasteiger partial charge in [-0.1, -0.05) is 26.0 Å². The van der Waals surface area contributed by atoms with Gasteiger partial charge in [-0.2, -0.15) is 13.2 Å². The van der Waals surface area contributed by atoms with Crippen molar-refractivity contribution < 1.29 is 23.1 Å². The first-order valence-electron chi connectivity index (χ1n) is 10.8. The monoisotopic (exact) mass is 439 g/mol. The number of nitrogens with zero attached hydrogens (tertiary/aromatic N) is 2. The van der Waals surface area contributed by atoms with Gasteiger partial charge in [-0.15, -0.1) is 0 Å². The zero-order valence-corrected chi connectivity index (χ0v) is 18.3. The Bertz CT molecular complexity index is 813. The zero-order chi connectivity index (χ0) is 22.6. The number of rotatable bonds is 6. The Hall–Kier alpha value is -1.90. The van der Waals surface area contributed by atoms with Crippen molar-refractivity contribution >= 4 is 17.2 Å². The van der Waals surface area contributed by atoms with E-state index in [1.807, 2.05) is 6.07 Å². The van der Waals surface area contributed by atoms with Gasteiger partial charge in [0, 0.05) is 50.5 Å². The standard InChI is InChI=1S/C23H32F3N3O2/c1-22(2)7-5-18(6-8-22)19-15-17(3-4-20(19)27-21(31)23(24,25)26)16-29-11-9-28(10-12-29)13-14-30/h3-5,15,30H,6-14,16H2,1-2H3,(H,27,31). The molecule has 0 aromatic heterocycles. The summed E-state index contributed by atoms with van der Waals surface area (Å²) in [5.41, 5.74) is 3.08. The second kappa shape index (κ2) is 9.71. The van der Waals surface area contributed by atoms with Gasteiger partial charge in [0.25, 0.3) is 0 Å². The Labute approximate surface area is 181 Å². The number of allylic oxidation sites excluding steroid dienone is 2. The van der Waals surface area contributed by atoms with Crippen LogP contribution in [0.4, 0.5) is 18.9 Å². The third kappa shape index (κ3) is 6.54. The topological polar surface area (TPSA) is 55.8 Å². The summed E-state index contributed by atoms with van der Waals surface area (Å²) in [7, 11) is 0. The van der Waals surface area contributed by atoms with Gasteiger partial charge in [0.2, 0.25) is 0 Å². The molecule has 1 amide bonds. The number of aliphatic hydroxyl groups excluding tert-OH is 1. The molecule has 1 aromatic rings. The number of aliphatic hydroxyl groups is 1. The highest BCUT2D eigenvalue weighted by atomic mass is 19.4. The Morgan fingerprint density at radius 2 is 1.84 bits per heavy atom. The number of halogens is 3. The van der Waals surface area contributed by atoms with Gasteiger partial charge in [0.05, 0.1) is 6.61 Å². The van der Waals surface area contributed by atoms with Crippen LogP contribution in [0, 0.1) is 5.41 Å². The van der Waals surface area contributed by atoms with Gasteiger partial charge in [-0.25, -0.2) is 0 Å². The molecule has 3 rings (SSSR count). The molecule has 2 aliphatic rings. The Morgan fingerprint density at radius 1 is 1.16 bits per heavy atom. The van der Waals surface area contributed by atoms with Crippen LogP contribution in [0.25, 0.3) is 5.57 Å². The van der Waals surface area contributed by atoms with Crippen LogP contribution in [0.5, 0.6) is 0 Å². The number of hydrogen-bond acceptors (Lipinski definition) is 4. The van der Waals surface area contributed by atoms with Crippen molar-refractivity contribution in [3.05, 3.63) is 35.4 Å². The van der Waals surface area contributed by atoms with E-state index in [-0.39, 0.29) is 17.7 Å². The zero-order valence-electron chi connectivity index (χ0n) is 18.3. The van der Waals surface area contributed by atoms with Crippen molar-refractivity contribution in [2.45, 2.75) is 45.8 Å². The Balaban J connectivity index is 1.79. The van der Waals surface area contributed by atoms with E-state index in [1.165, 1.54) is 0 Å². The predicted molar refractivity (Wildman–Crippen MR) is 116 cm³/mol. The first-order valence-corrected chi connectivity index (χ1v) is 10.8. The first-order chi connectivity index (χ1) is 14.6. The van der Waals surface area contributed by atoms with Crippen LogP contribution in [0.2, 0.25) is 0 Å². The molecule has 31 heavy (non-hydrogen) atoms. The van der Waals surface area contributed by atoms with Crippen molar-refractivity contribution in [1.82, 2.24) is 9.80 Å². The second-order valence-corrected chi connectivity index (χ2v) is 9.27. The molecule has 1 aliphatic heterocycles. The molecule has 1 saturated heterocycles. The van der Waals surface area contributed by atoms with Gasteiger partial charge in [-0.3, -0.25) is 14.6 Å². The molecule has 1 heterocycles. The van der Waals surface area contributed by atoms with Crippen LogP contribution in [-0.2, 0) is 11.3 Å². The van der Waals surface area contributed by atoms with E-state index in [4.69, 9.17) is 5.11 Å². The predicted octanol–water partition coefficient (Wildman–Crippen LogP) is 3.89. The number of nitrogens with one attached hydrogen (secondary N) is 1. The molecule has 5 nitrogen and oxygen atoms in total. The van der Waals surface area contributed by atoms with E-state index in [0.29, 0.717) is 18.7 Å². The van der Waals surface area contributed by atoms with E-state index < -0.39 is 12.1 Å². The van der Waals surface area contributed by atoms with Gasteiger partial charge < -0.3 is 10.4 Å². The molecular weight excluding hydrogens is 407 g/mol.